The highest BCUT2D eigenvalue weighted by Crippen LogP contribution is 2.41. The van der Waals surface area contributed by atoms with Crippen molar-refractivity contribution < 1.29 is 13.4 Å². The second-order valence-electron chi connectivity index (χ2n) is 4.44. The van der Waals surface area contributed by atoms with Crippen LogP contribution in [0, 0.1) is 0 Å². The Bertz CT molecular complexity index is 816. The van der Waals surface area contributed by atoms with Crippen LogP contribution in [0.2, 0.25) is 0 Å². The van der Waals surface area contributed by atoms with Crippen LogP contribution >= 0.6 is 12.3 Å². The number of halogens is 1. The van der Waals surface area contributed by atoms with Crippen molar-refractivity contribution in [3.05, 3.63) is 30.6 Å². The average molecular weight is 350 g/mol. The van der Waals surface area contributed by atoms with Crippen molar-refractivity contribution in [3.63, 3.8) is 0 Å². The molecule has 0 bridgehead atoms. The minimum absolute atomic E-state index is 0.0460. The maximum atomic E-state index is 13.2. The van der Waals surface area contributed by atoms with Gasteiger partial charge in [-0.2, -0.15) is 0 Å². The van der Waals surface area contributed by atoms with Crippen LogP contribution < -0.4 is 15.2 Å². The smallest absolute Gasteiger partial charge is 0.224 e. The molecule has 0 aromatic carbocycles. The van der Waals surface area contributed by atoms with Crippen molar-refractivity contribution in [2.45, 2.75) is 13.8 Å². The van der Waals surface area contributed by atoms with E-state index < -0.39 is 0 Å². The van der Waals surface area contributed by atoms with E-state index in [2.05, 4.69) is 9.97 Å². The molecule has 3 rings (SSSR count). The second-order valence-corrected chi connectivity index (χ2v) is 4.97. The number of pyridine rings is 2. The minimum Gasteiger partial charge on any atom is -0.496 e. The van der Waals surface area contributed by atoms with E-state index in [1.165, 1.54) is 11.1 Å². The van der Waals surface area contributed by atoms with Crippen LogP contribution in [0.15, 0.2) is 30.6 Å². The first-order valence-electron chi connectivity index (χ1n) is 7.33. The Kier molecular flexibility index (Phi) is 5.86. The third kappa shape index (κ3) is 3.09. The molecule has 0 radical (unpaired) electrons. The molecule has 128 valence electrons. The van der Waals surface area contributed by atoms with Crippen LogP contribution in [0.3, 0.4) is 0 Å². The summed E-state index contributed by atoms with van der Waals surface area (Å²) in [5.41, 5.74) is 7.46. The molecule has 6 nitrogen and oxygen atoms in total. The Hall–Kier alpha value is -2.48. The second kappa shape index (κ2) is 7.87. The molecule has 0 saturated carbocycles. The number of nitrogens with zero attached hydrogens (tertiary/aromatic N) is 3. The molecule has 0 unspecified atom stereocenters. The molecule has 3 aromatic rings. The van der Waals surface area contributed by atoms with Crippen LogP contribution in [-0.2, 0) is 0 Å². The van der Waals surface area contributed by atoms with Gasteiger partial charge in [0.1, 0.15) is 11.6 Å². The normalized spacial score (nSPS) is 10.2. The van der Waals surface area contributed by atoms with Crippen LogP contribution in [0.4, 0.5) is 9.70 Å². The van der Waals surface area contributed by atoms with Crippen molar-refractivity contribution >= 4 is 29.2 Å². The lowest BCUT2D eigenvalue weighted by Crippen LogP contribution is -1.95. The van der Waals surface area contributed by atoms with Gasteiger partial charge in [-0.15, -0.1) is 3.89 Å². The minimum atomic E-state index is 0.0460. The topological polar surface area (TPSA) is 75.2 Å². The van der Waals surface area contributed by atoms with Gasteiger partial charge in [-0.05, 0) is 18.2 Å². The SMILES string of the molecule is CC.COc1ccnc(OC)c1-c1cn(SF)c2nc(N)ccc12. The number of methoxy groups -OCH3 is 2. The van der Waals surface area contributed by atoms with Gasteiger partial charge in [0, 0.05) is 23.3 Å². The van der Waals surface area contributed by atoms with E-state index in [0.29, 0.717) is 34.2 Å². The van der Waals surface area contributed by atoms with Gasteiger partial charge in [0.05, 0.1) is 19.8 Å². The summed E-state index contributed by atoms with van der Waals surface area (Å²) in [7, 11) is 3.07. The highest BCUT2D eigenvalue weighted by Gasteiger charge is 2.20. The molecular weight excluding hydrogens is 331 g/mol. The Balaban J connectivity index is 0.00000100. The fourth-order valence-electron chi connectivity index (χ4n) is 2.34. The summed E-state index contributed by atoms with van der Waals surface area (Å²) in [6.07, 6.45) is 3.20. The van der Waals surface area contributed by atoms with E-state index in [1.54, 1.807) is 37.7 Å². The number of aromatic nitrogens is 3. The van der Waals surface area contributed by atoms with E-state index in [4.69, 9.17) is 15.2 Å². The molecule has 0 amide bonds. The van der Waals surface area contributed by atoms with Crippen molar-refractivity contribution in [3.8, 4) is 22.8 Å². The van der Waals surface area contributed by atoms with Crippen molar-refractivity contribution in [1.82, 2.24) is 13.9 Å². The average Bonchev–Trinajstić information content (AvgIpc) is 2.99. The van der Waals surface area contributed by atoms with E-state index in [1.807, 2.05) is 13.8 Å². The summed E-state index contributed by atoms with van der Waals surface area (Å²) in [5, 5.41) is 0.726. The summed E-state index contributed by atoms with van der Waals surface area (Å²) >= 11 is 0.0460. The van der Waals surface area contributed by atoms with Gasteiger partial charge in [0.2, 0.25) is 5.88 Å². The van der Waals surface area contributed by atoms with Gasteiger partial charge in [0.15, 0.2) is 18.0 Å². The lowest BCUT2D eigenvalue weighted by molar-refractivity contribution is 0.385. The third-order valence-corrected chi connectivity index (χ3v) is 3.70. The quantitative estimate of drug-likeness (QED) is 0.763. The van der Waals surface area contributed by atoms with E-state index in [0.717, 1.165) is 5.39 Å². The van der Waals surface area contributed by atoms with E-state index >= 15 is 0 Å². The number of anilines is 1. The molecule has 0 aliphatic carbocycles. The first-order valence-corrected chi connectivity index (χ1v) is 8.01. The van der Waals surface area contributed by atoms with Crippen LogP contribution in [-0.4, -0.2) is 28.2 Å². The number of hydrogen-bond donors (Lipinski definition) is 1. The number of hydrogen-bond acceptors (Lipinski definition) is 6. The molecule has 0 spiro atoms. The molecule has 0 aliphatic heterocycles. The predicted octanol–water partition coefficient (Wildman–Crippen LogP) is 4.10. The summed E-state index contributed by atoms with van der Waals surface area (Å²) < 4.78 is 25.2. The fourth-order valence-corrected chi connectivity index (χ4v) is 2.69. The molecule has 2 N–H and O–H groups in total. The Labute approximate surface area is 144 Å². The molecule has 0 aliphatic rings. The molecule has 0 fully saturated rings. The largest absolute Gasteiger partial charge is 0.496 e. The first kappa shape index (κ1) is 17.9. The maximum absolute atomic E-state index is 13.2. The van der Waals surface area contributed by atoms with Gasteiger partial charge in [-0.25, -0.2) is 13.9 Å². The predicted molar refractivity (Wildman–Crippen MR) is 95.9 cm³/mol. The van der Waals surface area contributed by atoms with Crippen molar-refractivity contribution in [1.29, 1.82) is 0 Å². The Morgan fingerprint density at radius 2 is 1.92 bits per heavy atom. The van der Waals surface area contributed by atoms with E-state index in [9.17, 15) is 3.89 Å². The number of nitrogen functional groups attached to an aromatic ring is 1. The Morgan fingerprint density at radius 3 is 2.54 bits per heavy atom. The fraction of sp³-hybridized carbons (Fsp3) is 0.250. The zero-order chi connectivity index (χ0) is 17.7. The van der Waals surface area contributed by atoms with Gasteiger partial charge >= 0.3 is 0 Å². The van der Waals surface area contributed by atoms with Gasteiger partial charge in [-0.1, -0.05) is 13.8 Å². The number of nitrogens with two attached hydrogens (primary N) is 1. The van der Waals surface area contributed by atoms with Crippen LogP contribution in [0.25, 0.3) is 22.2 Å². The third-order valence-electron chi connectivity index (χ3n) is 3.28. The summed E-state index contributed by atoms with van der Waals surface area (Å²) in [6.45, 7) is 4.00. The molecule has 3 heterocycles. The highest BCUT2D eigenvalue weighted by molar-refractivity contribution is 7.92. The molecular formula is C16H19FN4O2S. The molecule has 8 heteroatoms. The van der Waals surface area contributed by atoms with Crippen LogP contribution in [0.1, 0.15) is 13.8 Å². The zero-order valence-electron chi connectivity index (χ0n) is 13.9. The zero-order valence-corrected chi connectivity index (χ0v) is 14.7. The first-order chi connectivity index (χ1) is 11.7. The lowest BCUT2D eigenvalue weighted by Gasteiger charge is -2.11. The van der Waals surface area contributed by atoms with Crippen LogP contribution in [0.5, 0.6) is 11.6 Å². The standard InChI is InChI=1S/C14H13FN4O2S.C2H6/c1-20-10-5-6-17-14(21-2)12(10)9-7-19(22-15)13-8(9)3-4-11(16)18-13;1-2/h3-7H,1-2H3,(H2,16,18);1-2H3. The monoisotopic (exact) mass is 350 g/mol. The van der Waals surface area contributed by atoms with Gasteiger partial charge < -0.3 is 15.2 Å². The number of rotatable bonds is 4. The van der Waals surface area contributed by atoms with Crippen molar-refractivity contribution in [2.75, 3.05) is 20.0 Å². The maximum Gasteiger partial charge on any atom is 0.224 e. The van der Waals surface area contributed by atoms with E-state index in [-0.39, 0.29) is 12.3 Å². The number of ether oxygens (including phenoxy) is 2. The molecule has 0 atom stereocenters. The molecule has 0 saturated heterocycles. The van der Waals surface area contributed by atoms with Gasteiger partial charge in [0.25, 0.3) is 0 Å². The summed E-state index contributed by atoms with van der Waals surface area (Å²) in [5.74, 6) is 1.28. The summed E-state index contributed by atoms with van der Waals surface area (Å²) in [4.78, 5) is 8.37. The van der Waals surface area contributed by atoms with Crippen molar-refractivity contribution in [2.24, 2.45) is 0 Å². The highest BCUT2D eigenvalue weighted by atomic mass is 32.2. The molecule has 3 aromatic heterocycles. The number of fused-ring (bicyclic) bond motifs is 1. The Morgan fingerprint density at radius 1 is 1.17 bits per heavy atom. The summed E-state index contributed by atoms with van der Waals surface area (Å²) in [6, 6.07) is 5.16. The molecule has 24 heavy (non-hydrogen) atoms. The lowest BCUT2D eigenvalue weighted by atomic mass is 10.1. The van der Waals surface area contributed by atoms with Gasteiger partial charge in [-0.3, -0.25) is 0 Å².